The van der Waals surface area contributed by atoms with Crippen LogP contribution in [0.1, 0.15) is 24.1 Å². The first-order valence-corrected chi connectivity index (χ1v) is 6.84. The summed E-state index contributed by atoms with van der Waals surface area (Å²) in [5.74, 6) is 1.76. The van der Waals surface area contributed by atoms with Crippen molar-refractivity contribution >= 4 is 0 Å². The Morgan fingerprint density at radius 2 is 1.75 bits per heavy atom. The quantitative estimate of drug-likeness (QED) is 0.876. The molecule has 0 fully saturated rings. The van der Waals surface area contributed by atoms with E-state index >= 15 is 0 Å². The second-order valence-corrected chi connectivity index (χ2v) is 4.62. The van der Waals surface area contributed by atoms with Gasteiger partial charge in [-0.25, -0.2) is 0 Å². The SMILES string of the molecule is CCOc1ccccc1CC(N)c1ccc(OC)cc1. The molecule has 0 aliphatic heterocycles. The van der Waals surface area contributed by atoms with Gasteiger partial charge in [-0.1, -0.05) is 30.3 Å². The monoisotopic (exact) mass is 271 g/mol. The molecule has 2 aromatic rings. The molecule has 0 radical (unpaired) electrons. The third-order valence-corrected chi connectivity index (χ3v) is 3.26. The average molecular weight is 271 g/mol. The summed E-state index contributed by atoms with van der Waals surface area (Å²) in [5, 5.41) is 0. The van der Waals surface area contributed by atoms with Crippen LogP contribution in [0.15, 0.2) is 48.5 Å². The van der Waals surface area contributed by atoms with Crippen molar-refractivity contribution < 1.29 is 9.47 Å². The molecule has 0 amide bonds. The fourth-order valence-electron chi connectivity index (χ4n) is 2.17. The van der Waals surface area contributed by atoms with Gasteiger partial charge in [0.05, 0.1) is 13.7 Å². The highest BCUT2D eigenvalue weighted by molar-refractivity contribution is 5.36. The Morgan fingerprint density at radius 1 is 1.05 bits per heavy atom. The fourth-order valence-corrected chi connectivity index (χ4v) is 2.17. The third-order valence-electron chi connectivity index (χ3n) is 3.26. The maximum atomic E-state index is 6.29. The molecule has 20 heavy (non-hydrogen) atoms. The Morgan fingerprint density at radius 3 is 2.40 bits per heavy atom. The molecule has 0 aromatic heterocycles. The van der Waals surface area contributed by atoms with Crippen LogP contribution in [0, 0.1) is 0 Å². The zero-order valence-corrected chi connectivity index (χ0v) is 12.0. The van der Waals surface area contributed by atoms with Crippen LogP contribution in [0.5, 0.6) is 11.5 Å². The van der Waals surface area contributed by atoms with Gasteiger partial charge in [0.2, 0.25) is 0 Å². The van der Waals surface area contributed by atoms with E-state index in [1.165, 1.54) is 0 Å². The van der Waals surface area contributed by atoms with Gasteiger partial charge in [-0.05, 0) is 42.7 Å². The van der Waals surface area contributed by atoms with Gasteiger partial charge >= 0.3 is 0 Å². The van der Waals surface area contributed by atoms with E-state index in [9.17, 15) is 0 Å². The zero-order chi connectivity index (χ0) is 14.4. The minimum absolute atomic E-state index is 0.0532. The smallest absolute Gasteiger partial charge is 0.122 e. The van der Waals surface area contributed by atoms with Crippen molar-refractivity contribution in [3.63, 3.8) is 0 Å². The van der Waals surface area contributed by atoms with Crippen LogP contribution in [0.3, 0.4) is 0 Å². The van der Waals surface area contributed by atoms with Gasteiger partial charge in [-0.3, -0.25) is 0 Å². The van der Waals surface area contributed by atoms with Crippen LogP contribution >= 0.6 is 0 Å². The van der Waals surface area contributed by atoms with E-state index in [4.69, 9.17) is 15.2 Å². The predicted molar refractivity (Wildman–Crippen MR) is 81.2 cm³/mol. The summed E-state index contributed by atoms with van der Waals surface area (Å²) >= 11 is 0. The first-order valence-electron chi connectivity index (χ1n) is 6.84. The first kappa shape index (κ1) is 14.4. The van der Waals surface area contributed by atoms with Crippen LogP contribution in [-0.4, -0.2) is 13.7 Å². The summed E-state index contributed by atoms with van der Waals surface area (Å²) in [7, 11) is 1.66. The van der Waals surface area contributed by atoms with E-state index in [0.29, 0.717) is 6.61 Å². The van der Waals surface area contributed by atoms with Crippen molar-refractivity contribution in [3.8, 4) is 11.5 Å². The molecular formula is C17H21NO2. The fraction of sp³-hybridized carbons (Fsp3) is 0.294. The van der Waals surface area contributed by atoms with Crippen molar-refractivity contribution in [2.45, 2.75) is 19.4 Å². The molecule has 0 spiro atoms. The third kappa shape index (κ3) is 3.52. The molecule has 2 N–H and O–H groups in total. The summed E-state index contributed by atoms with van der Waals surface area (Å²) < 4.78 is 10.8. The number of ether oxygens (including phenoxy) is 2. The predicted octanol–water partition coefficient (Wildman–Crippen LogP) is 3.34. The lowest BCUT2D eigenvalue weighted by Gasteiger charge is -2.15. The lowest BCUT2D eigenvalue weighted by Crippen LogP contribution is -2.14. The van der Waals surface area contributed by atoms with Crippen LogP contribution in [0.2, 0.25) is 0 Å². The largest absolute Gasteiger partial charge is 0.497 e. The molecular weight excluding hydrogens is 250 g/mol. The molecule has 0 aliphatic carbocycles. The van der Waals surface area contributed by atoms with E-state index in [0.717, 1.165) is 29.0 Å². The Bertz CT molecular complexity index is 537. The Hall–Kier alpha value is -2.00. The Kier molecular flexibility index (Phi) is 5.02. The summed E-state index contributed by atoms with van der Waals surface area (Å²) in [5.41, 5.74) is 8.52. The number of benzene rings is 2. The lowest BCUT2D eigenvalue weighted by molar-refractivity contribution is 0.335. The molecule has 1 atom stereocenters. The summed E-state index contributed by atoms with van der Waals surface area (Å²) in [4.78, 5) is 0. The van der Waals surface area contributed by atoms with E-state index in [2.05, 4.69) is 6.07 Å². The number of nitrogens with two attached hydrogens (primary N) is 1. The van der Waals surface area contributed by atoms with Crippen molar-refractivity contribution in [1.82, 2.24) is 0 Å². The maximum absolute atomic E-state index is 6.29. The average Bonchev–Trinajstić information content (AvgIpc) is 2.49. The van der Waals surface area contributed by atoms with Crippen LogP contribution in [0.25, 0.3) is 0 Å². The van der Waals surface area contributed by atoms with Gasteiger partial charge in [-0.15, -0.1) is 0 Å². The molecule has 3 heteroatoms. The molecule has 0 saturated carbocycles. The van der Waals surface area contributed by atoms with E-state index in [1.54, 1.807) is 7.11 Å². The topological polar surface area (TPSA) is 44.5 Å². The van der Waals surface area contributed by atoms with Gasteiger partial charge < -0.3 is 15.2 Å². The van der Waals surface area contributed by atoms with Crippen molar-refractivity contribution in [2.75, 3.05) is 13.7 Å². The maximum Gasteiger partial charge on any atom is 0.122 e. The highest BCUT2D eigenvalue weighted by Gasteiger charge is 2.10. The molecule has 106 valence electrons. The molecule has 2 aromatic carbocycles. The molecule has 0 heterocycles. The van der Waals surface area contributed by atoms with Crippen LogP contribution in [-0.2, 0) is 6.42 Å². The zero-order valence-electron chi connectivity index (χ0n) is 12.0. The Balaban J connectivity index is 2.12. The highest BCUT2D eigenvalue weighted by atomic mass is 16.5. The molecule has 3 nitrogen and oxygen atoms in total. The van der Waals surface area contributed by atoms with Gasteiger partial charge in [0, 0.05) is 6.04 Å². The number of para-hydroxylation sites is 1. The summed E-state index contributed by atoms with van der Waals surface area (Å²) in [6.07, 6.45) is 0.752. The molecule has 2 rings (SSSR count). The first-order chi connectivity index (χ1) is 9.74. The van der Waals surface area contributed by atoms with E-state index in [1.807, 2.05) is 49.4 Å². The summed E-state index contributed by atoms with van der Waals surface area (Å²) in [6.45, 7) is 2.65. The number of hydrogen-bond donors (Lipinski definition) is 1. The molecule has 0 bridgehead atoms. The van der Waals surface area contributed by atoms with Gasteiger partial charge in [0.15, 0.2) is 0 Å². The van der Waals surface area contributed by atoms with Crippen molar-refractivity contribution in [2.24, 2.45) is 5.73 Å². The standard InChI is InChI=1S/C17H21NO2/c1-3-20-17-7-5-4-6-14(17)12-16(18)13-8-10-15(19-2)11-9-13/h4-11,16H,3,12,18H2,1-2H3. The number of methoxy groups -OCH3 is 1. The minimum Gasteiger partial charge on any atom is -0.497 e. The van der Waals surface area contributed by atoms with Gasteiger partial charge in [0.25, 0.3) is 0 Å². The second-order valence-electron chi connectivity index (χ2n) is 4.62. The Labute approximate surface area is 120 Å². The number of rotatable bonds is 6. The lowest BCUT2D eigenvalue weighted by atomic mass is 9.99. The van der Waals surface area contributed by atoms with Gasteiger partial charge in [-0.2, -0.15) is 0 Å². The van der Waals surface area contributed by atoms with E-state index < -0.39 is 0 Å². The second kappa shape index (κ2) is 6.96. The van der Waals surface area contributed by atoms with Gasteiger partial charge in [0.1, 0.15) is 11.5 Å². The molecule has 1 unspecified atom stereocenters. The van der Waals surface area contributed by atoms with Crippen LogP contribution < -0.4 is 15.2 Å². The van der Waals surface area contributed by atoms with E-state index in [-0.39, 0.29) is 6.04 Å². The highest BCUT2D eigenvalue weighted by Crippen LogP contribution is 2.24. The normalized spacial score (nSPS) is 11.9. The summed E-state index contributed by atoms with van der Waals surface area (Å²) in [6, 6.07) is 15.9. The van der Waals surface area contributed by atoms with Crippen molar-refractivity contribution in [1.29, 1.82) is 0 Å². The van der Waals surface area contributed by atoms with Crippen LogP contribution in [0.4, 0.5) is 0 Å². The molecule has 0 saturated heterocycles. The van der Waals surface area contributed by atoms with Crippen molar-refractivity contribution in [3.05, 3.63) is 59.7 Å². The number of hydrogen-bond acceptors (Lipinski definition) is 3. The minimum atomic E-state index is -0.0532. The molecule has 0 aliphatic rings.